The van der Waals surface area contributed by atoms with E-state index in [1.807, 2.05) is 12.1 Å². The van der Waals surface area contributed by atoms with E-state index in [0.717, 1.165) is 37.6 Å². The molecule has 0 unspecified atom stereocenters. The number of aromatic nitrogens is 1. The van der Waals surface area contributed by atoms with Gasteiger partial charge in [0.15, 0.2) is 11.5 Å². The van der Waals surface area contributed by atoms with Crippen molar-refractivity contribution in [3.63, 3.8) is 0 Å². The lowest BCUT2D eigenvalue weighted by atomic mass is 9.98. The highest BCUT2D eigenvalue weighted by molar-refractivity contribution is 7.17. The number of halogens is 1. The maximum Gasteiger partial charge on any atom is 0.161 e. The number of methoxy groups -OCH3 is 2. The summed E-state index contributed by atoms with van der Waals surface area (Å²) < 4.78 is 28.8. The number of benzene rings is 2. The standard InChI is InChI=1S/C25H25FN2O2S/c1-29-23-11-17-7-9-27(14-19(17)12-24(23)30-2)16-20-13-25-22(8-10-31-25)28(20)15-18-5-3-4-6-21(18)26/h3-6,8,10-13H,7,9,14-16H2,1-2H3. The molecule has 0 fully saturated rings. The molecular formula is C25H25FN2O2S. The van der Waals surface area contributed by atoms with Gasteiger partial charge in [-0.25, -0.2) is 4.39 Å². The number of thiophene rings is 1. The monoisotopic (exact) mass is 436 g/mol. The van der Waals surface area contributed by atoms with Crippen LogP contribution in [0.4, 0.5) is 4.39 Å². The van der Waals surface area contributed by atoms with Crippen LogP contribution in [-0.4, -0.2) is 30.2 Å². The molecule has 0 saturated heterocycles. The van der Waals surface area contributed by atoms with Crippen molar-refractivity contribution >= 4 is 21.6 Å². The highest BCUT2D eigenvalue weighted by Gasteiger charge is 2.21. The minimum absolute atomic E-state index is 0.154. The van der Waals surface area contributed by atoms with Gasteiger partial charge in [-0.15, -0.1) is 11.3 Å². The Morgan fingerprint density at radius 1 is 0.968 bits per heavy atom. The van der Waals surface area contributed by atoms with Crippen LogP contribution in [0.5, 0.6) is 11.5 Å². The fourth-order valence-electron chi connectivity index (χ4n) is 4.45. The molecule has 0 amide bonds. The van der Waals surface area contributed by atoms with Gasteiger partial charge < -0.3 is 14.0 Å². The summed E-state index contributed by atoms with van der Waals surface area (Å²) in [5.74, 6) is 1.40. The van der Waals surface area contributed by atoms with Gasteiger partial charge in [0.05, 0.1) is 31.0 Å². The van der Waals surface area contributed by atoms with Crippen molar-refractivity contribution in [2.24, 2.45) is 0 Å². The molecule has 1 aliphatic rings. The Morgan fingerprint density at radius 3 is 2.52 bits per heavy atom. The second kappa shape index (κ2) is 8.36. The molecule has 0 atom stereocenters. The van der Waals surface area contributed by atoms with Crippen molar-refractivity contribution in [1.29, 1.82) is 0 Å². The van der Waals surface area contributed by atoms with E-state index in [4.69, 9.17) is 9.47 Å². The van der Waals surface area contributed by atoms with Crippen LogP contribution in [0.15, 0.2) is 53.9 Å². The Kier molecular flexibility index (Phi) is 5.42. The molecule has 0 saturated carbocycles. The first-order valence-corrected chi connectivity index (χ1v) is 11.3. The summed E-state index contributed by atoms with van der Waals surface area (Å²) in [5, 5.41) is 2.10. The van der Waals surface area contributed by atoms with Crippen molar-refractivity contribution in [3.05, 3.63) is 82.1 Å². The van der Waals surface area contributed by atoms with Gasteiger partial charge in [-0.3, -0.25) is 4.90 Å². The van der Waals surface area contributed by atoms with Gasteiger partial charge in [-0.1, -0.05) is 18.2 Å². The summed E-state index contributed by atoms with van der Waals surface area (Å²) in [4.78, 5) is 2.45. The molecule has 0 bridgehead atoms. The van der Waals surface area contributed by atoms with Gasteiger partial charge >= 0.3 is 0 Å². The van der Waals surface area contributed by atoms with Gasteiger partial charge in [-0.2, -0.15) is 0 Å². The number of nitrogens with zero attached hydrogens (tertiary/aromatic N) is 2. The van der Waals surface area contributed by atoms with Crippen LogP contribution >= 0.6 is 11.3 Å². The molecule has 0 aliphatic carbocycles. The molecule has 4 nitrogen and oxygen atoms in total. The number of fused-ring (bicyclic) bond motifs is 2. The largest absolute Gasteiger partial charge is 0.493 e. The SMILES string of the molecule is COc1cc2c(cc1OC)CN(Cc1cc3sccc3n1Cc1ccccc1F)CC2. The van der Waals surface area contributed by atoms with Crippen molar-refractivity contribution in [2.75, 3.05) is 20.8 Å². The van der Waals surface area contributed by atoms with E-state index in [1.165, 1.54) is 33.1 Å². The fraction of sp³-hybridized carbons (Fsp3) is 0.280. The molecule has 0 N–H and O–H groups in total. The Morgan fingerprint density at radius 2 is 1.74 bits per heavy atom. The van der Waals surface area contributed by atoms with Crippen LogP contribution in [0.2, 0.25) is 0 Å². The predicted molar refractivity (Wildman–Crippen MR) is 123 cm³/mol. The summed E-state index contributed by atoms with van der Waals surface area (Å²) >= 11 is 1.73. The van der Waals surface area contributed by atoms with E-state index in [2.05, 4.69) is 39.1 Å². The summed E-state index contributed by atoms with van der Waals surface area (Å²) in [7, 11) is 3.35. The highest BCUT2D eigenvalue weighted by Crippen LogP contribution is 2.34. The van der Waals surface area contributed by atoms with Crippen molar-refractivity contribution in [1.82, 2.24) is 9.47 Å². The minimum Gasteiger partial charge on any atom is -0.493 e. The average molecular weight is 437 g/mol. The maximum absolute atomic E-state index is 14.4. The zero-order valence-electron chi connectivity index (χ0n) is 17.7. The zero-order valence-corrected chi connectivity index (χ0v) is 18.5. The van der Waals surface area contributed by atoms with E-state index in [0.29, 0.717) is 12.1 Å². The Balaban J connectivity index is 1.43. The quantitative estimate of drug-likeness (QED) is 0.401. The highest BCUT2D eigenvalue weighted by atomic mass is 32.1. The zero-order chi connectivity index (χ0) is 21.4. The summed E-state index contributed by atoms with van der Waals surface area (Å²) in [6, 6.07) is 15.6. The molecule has 1 aliphatic heterocycles. The van der Waals surface area contributed by atoms with Crippen LogP contribution in [0, 0.1) is 5.82 Å². The normalized spacial score (nSPS) is 14.0. The van der Waals surface area contributed by atoms with Gasteiger partial charge in [-0.05, 0) is 53.3 Å². The average Bonchev–Trinajstić information content (AvgIpc) is 3.36. The predicted octanol–water partition coefficient (Wildman–Crippen LogP) is 5.47. The molecule has 5 rings (SSSR count). The van der Waals surface area contributed by atoms with Crippen LogP contribution in [0.1, 0.15) is 22.4 Å². The van der Waals surface area contributed by atoms with E-state index in [-0.39, 0.29) is 5.82 Å². The fourth-order valence-corrected chi connectivity index (χ4v) is 5.30. The van der Waals surface area contributed by atoms with Crippen molar-refractivity contribution in [3.8, 4) is 11.5 Å². The second-order valence-electron chi connectivity index (χ2n) is 7.92. The number of rotatable bonds is 6. The molecule has 31 heavy (non-hydrogen) atoms. The first kappa shape index (κ1) is 20.1. The molecule has 4 aromatic rings. The molecular weight excluding hydrogens is 411 g/mol. The third-order valence-electron chi connectivity index (χ3n) is 6.08. The first-order chi connectivity index (χ1) is 15.2. The third kappa shape index (κ3) is 3.82. The Labute approximate surface area is 185 Å². The van der Waals surface area contributed by atoms with Crippen molar-refractivity contribution < 1.29 is 13.9 Å². The first-order valence-electron chi connectivity index (χ1n) is 10.4. The van der Waals surface area contributed by atoms with Crippen molar-refractivity contribution in [2.45, 2.75) is 26.1 Å². The summed E-state index contributed by atoms with van der Waals surface area (Å²) in [6.07, 6.45) is 0.970. The molecule has 0 spiro atoms. The Hall–Kier alpha value is -2.83. The van der Waals surface area contributed by atoms with Crippen LogP contribution in [0.3, 0.4) is 0 Å². The number of hydrogen-bond acceptors (Lipinski definition) is 4. The van der Waals surface area contributed by atoms with E-state index in [9.17, 15) is 4.39 Å². The Bertz CT molecular complexity index is 1230. The lowest BCUT2D eigenvalue weighted by Crippen LogP contribution is -2.31. The molecule has 0 radical (unpaired) electrons. The minimum atomic E-state index is -0.154. The molecule has 160 valence electrons. The second-order valence-corrected chi connectivity index (χ2v) is 8.87. The lowest BCUT2D eigenvalue weighted by molar-refractivity contribution is 0.238. The number of ether oxygens (including phenoxy) is 2. The summed E-state index contributed by atoms with van der Waals surface area (Å²) in [5.41, 5.74) is 5.70. The van der Waals surface area contributed by atoms with Gasteiger partial charge in [0.1, 0.15) is 5.82 Å². The van der Waals surface area contributed by atoms with Gasteiger partial charge in [0, 0.05) is 30.9 Å². The van der Waals surface area contributed by atoms with Crippen LogP contribution in [0.25, 0.3) is 10.2 Å². The van der Waals surface area contributed by atoms with E-state index >= 15 is 0 Å². The molecule has 2 aromatic carbocycles. The van der Waals surface area contributed by atoms with Crippen LogP contribution < -0.4 is 9.47 Å². The molecule has 6 heteroatoms. The van der Waals surface area contributed by atoms with E-state index < -0.39 is 0 Å². The summed E-state index contributed by atoms with van der Waals surface area (Å²) in [6.45, 7) is 3.19. The third-order valence-corrected chi connectivity index (χ3v) is 6.93. The topological polar surface area (TPSA) is 26.6 Å². The maximum atomic E-state index is 14.4. The molecule has 3 heterocycles. The van der Waals surface area contributed by atoms with Gasteiger partial charge in [0.2, 0.25) is 0 Å². The van der Waals surface area contributed by atoms with E-state index in [1.54, 1.807) is 31.6 Å². The van der Waals surface area contributed by atoms with Crippen LogP contribution in [-0.2, 0) is 26.1 Å². The van der Waals surface area contributed by atoms with Gasteiger partial charge in [0.25, 0.3) is 0 Å². The smallest absolute Gasteiger partial charge is 0.161 e. The molecule has 2 aromatic heterocycles. The number of hydrogen-bond donors (Lipinski definition) is 0. The lowest BCUT2D eigenvalue weighted by Gasteiger charge is -2.30.